The summed E-state index contributed by atoms with van der Waals surface area (Å²) in [5, 5.41) is 11.5. The van der Waals surface area contributed by atoms with Crippen LogP contribution in [-0.2, 0) is 4.79 Å². The molecule has 2 unspecified atom stereocenters. The van der Waals surface area contributed by atoms with Gasteiger partial charge in [0, 0.05) is 12.0 Å². The van der Waals surface area contributed by atoms with Crippen molar-refractivity contribution < 1.29 is 9.90 Å². The number of amides is 1. The molecule has 2 atom stereocenters. The van der Waals surface area contributed by atoms with Gasteiger partial charge in [0.2, 0.25) is 5.91 Å². The lowest BCUT2D eigenvalue weighted by Crippen LogP contribution is -2.38. The highest BCUT2D eigenvalue weighted by atomic mass is 16.3. The van der Waals surface area contributed by atoms with Crippen LogP contribution in [0.15, 0.2) is 0 Å². The number of carbonyl (C=O) groups is 1. The molecule has 0 aliphatic rings. The summed E-state index contributed by atoms with van der Waals surface area (Å²) < 4.78 is 0. The molecule has 1 amide bonds. The zero-order valence-corrected chi connectivity index (χ0v) is 8.84. The van der Waals surface area contributed by atoms with Gasteiger partial charge in [0.15, 0.2) is 0 Å². The van der Waals surface area contributed by atoms with Crippen LogP contribution in [0, 0.1) is 5.92 Å². The van der Waals surface area contributed by atoms with E-state index in [0.29, 0.717) is 0 Å². The predicted molar refractivity (Wildman–Crippen MR) is 53.4 cm³/mol. The highest BCUT2D eigenvalue weighted by Gasteiger charge is 2.13. The Bertz CT molecular complexity index is 148. The summed E-state index contributed by atoms with van der Waals surface area (Å²) in [5.74, 6) is 0.115. The second kappa shape index (κ2) is 6.89. The zero-order chi connectivity index (χ0) is 10.3. The molecule has 13 heavy (non-hydrogen) atoms. The van der Waals surface area contributed by atoms with Gasteiger partial charge in [-0.25, -0.2) is 0 Å². The summed E-state index contributed by atoms with van der Waals surface area (Å²) in [7, 11) is 0. The first-order valence-corrected chi connectivity index (χ1v) is 5.03. The first-order chi connectivity index (χ1) is 6.11. The van der Waals surface area contributed by atoms with Crippen LogP contribution in [0.25, 0.3) is 0 Å². The van der Waals surface area contributed by atoms with Crippen molar-refractivity contribution in [1.82, 2.24) is 5.32 Å². The third kappa shape index (κ3) is 5.64. The highest BCUT2D eigenvalue weighted by Crippen LogP contribution is 2.07. The van der Waals surface area contributed by atoms with E-state index in [1.54, 1.807) is 6.92 Å². The molecule has 0 spiro atoms. The van der Waals surface area contributed by atoms with E-state index in [2.05, 4.69) is 12.2 Å². The van der Waals surface area contributed by atoms with E-state index in [9.17, 15) is 4.79 Å². The fraction of sp³-hybridized carbons (Fsp3) is 0.900. The number of aliphatic hydroxyl groups is 1. The van der Waals surface area contributed by atoms with Crippen LogP contribution in [0.1, 0.15) is 40.0 Å². The number of unbranched alkanes of at least 4 members (excludes halogenated alkanes) is 1. The van der Waals surface area contributed by atoms with Crippen molar-refractivity contribution in [2.24, 2.45) is 5.92 Å². The lowest BCUT2D eigenvalue weighted by molar-refractivity contribution is -0.125. The van der Waals surface area contributed by atoms with Crippen LogP contribution < -0.4 is 5.32 Å². The van der Waals surface area contributed by atoms with Crippen LogP contribution in [0.2, 0.25) is 0 Å². The summed E-state index contributed by atoms with van der Waals surface area (Å²) >= 11 is 0. The van der Waals surface area contributed by atoms with Crippen molar-refractivity contribution in [1.29, 1.82) is 0 Å². The SMILES string of the molecule is CCCCC(C)C(=O)NC(C)CO. The standard InChI is InChI=1S/C10H21NO2/c1-4-5-6-8(2)10(13)11-9(3)7-12/h8-9,12H,4-7H2,1-3H3,(H,11,13). The van der Waals surface area contributed by atoms with Crippen molar-refractivity contribution in [2.45, 2.75) is 46.1 Å². The van der Waals surface area contributed by atoms with Gasteiger partial charge in [-0.15, -0.1) is 0 Å². The topological polar surface area (TPSA) is 49.3 Å². The first kappa shape index (κ1) is 12.4. The Morgan fingerprint density at radius 3 is 2.54 bits per heavy atom. The molecule has 0 aromatic rings. The minimum atomic E-state index is -0.128. The van der Waals surface area contributed by atoms with E-state index in [-0.39, 0.29) is 24.5 Å². The molecular weight excluding hydrogens is 166 g/mol. The fourth-order valence-electron chi connectivity index (χ4n) is 1.07. The van der Waals surface area contributed by atoms with Gasteiger partial charge in [0.05, 0.1) is 6.61 Å². The Hall–Kier alpha value is -0.570. The van der Waals surface area contributed by atoms with E-state index in [1.165, 1.54) is 0 Å². The van der Waals surface area contributed by atoms with Crippen molar-refractivity contribution in [3.05, 3.63) is 0 Å². The molecule has 2 N–H and O–H groups in total. The van der Waals surface area contributed by atoms with Gasteiger partial charge in [0.25, 0.3) is 0 Å². The molecule has 0 rings (SSSR count). The Labute approximate surface area is 80.5 Å². The average Bonchev–Trinajstić information content (AvgIpc) is 2.13. The molecule has 78 valence electrons. The summed E-state index contributed by atoms with van der Waals surface area (Å²) in [4.78, 5) is 11.4. The molecule has 0 radical (unpaired) electrons. The Kier molecular flexibility index (Phi) is 6.59. The summed E-state index contributed by atoms with van der Waals surface area (Å²) in [6.45, 7) is 5.84. The van der Waals surface area contributed by atoms with Gasteiger partial charge in [-0.1, -0.05) is 26.7 Å². The number of hydrogen-bond donors (Lipinski definition) is 2. The van der Waals surface area contributed by atoms with Crippen molar-refractivity contribution >= 4 is 5.91 Å². The van der Waals surface area contributed by atoms with Gasteiger partial charge in [0.1, 0.15) is 0 Å². The minimum Gasteiger partial charge on any atom is -0.394 e. The second-order valence-electron chi connectivity index (χ2n) is 3.64. The molecular formula is C10H21NO2. The monoisotopic (exact) mass is 187 g/mol. The minimum absolute atomic E-state index is 0.00619. The molecule has 0 aliphatic carbocycles. The lowest BCUT2D eigenvalue weighted by Gasteiger charge is -2.15. The largest absolute Gasteiger partial charge is 0.394 e. The molecule has 0 aromatic heterocycles. The van der Waals surface area contributed by atoms with Crippen LogP contribution in [0.4, 0.5) is 0 Å². The van der Waals surface area contributed by atoms with Gasteiger partial charge in [-0.2, -0.15) is 0 Å². The van der Waals surface area contributed by atoms with Gasteiger partial charge in [-0.05, 0) is 13.3 Å². The van der Waals surface area contributed by atoms with Crippen molar-refractivity contribution in [3.8, 4) is 0 Å². The molecule has 3 nitrogen and oxygen atoms in total. The van der Waals surface area contributed by atoms with Crippen LogP contribution in [0.3, 0.4) is 0 Å². The maximum Gasteiger partial charge on any atom is 0.223 e. The molecule has 0 bridgehead atoms. The summed E-state index contributed by atoms with van der Waals surface area (Å²) in [6, 6.07) is -0.128. The maximum absolute atomic E-state index is 11.4. The van der Waals surface area contributed by atoms with Crippen molar-refractivity contribution in [2.75, 3.05) is 6.61 Å². The normalized spacial score (nSPS) is 15.1. The number of carbonyl (C=O) groups excluding carboxylic acids is 1. The van der Waals surface area contributed by atoms with Gasteiger partial charge >= 0.3 is 0 Å². The second-order valence-corrected chi connectivity index (χ2v) is 3.64. The maximum atomic E-state index is 11.4. The molecule has 3 heteroatoms. The van der Waals surface area contributed by atoms with E-state index in [0.717, 1.165) is 19.3 Å². The Balaban J connectivity index is 3.68. The van der Waals surface area contributed by atoms with E-state index >= 15 is 0 Å². The molecule has 0 saturated carbocycles. The first-order valence-electron chi connectivity index (χ1n) is 5.03. The average molecular weight is 187 g/mol. The third-order valence-corrected chi connectivity index (χ3v) is 2.10. The highest BCUT2D eigenvalue weighted by molar-refractivity contribution is 5.78. The molecule has 0 aliphatic heterocycles. The van der Waals surface area contributed by atoms with Crippen LogP contribution in [0.5, 0.6) is 0 Å². The number of rotatable bonds is 6. The van der Waals surface area contributed by atoms with Crippen LogP contribution in [-0.4, -0.2) is 23.7 Å². The fourth-order valence-corrected chi connectivity index (χ4v) is 1.07. The molecule has 0 saturated heterocycles. The van der Waals surface area contributed by atoms with E-state index < -0.39 is 0 Å². The van der Waals surface area contributed by atoms with E-state index in [1.807, 2.05) is 6.92 Å². The molecule has 0 aromatic carbocycles. The van der Waals surface area contributed by atoms with Crippen molar-refractivity contribution in [3.63, 3.8) is 0 Å². The number of hydrogen-bond acceptors (Lipinski definition) is 2. The summed E-state index contributed by atoms with van der Waals surface area (Å²) in [5.41, 5.74) is 0. The molecule has 0 heterocycles. The van der Waals surface area contributed by atoms with Gasteiger partial charge in [-0.3, -0.25) is 4.79 Å². The Morgan fingerprint density at radius 2 is 2.08 bits per heavy atom. The third-order valence-electron chi connectivity index (χ3n) is 2.10. The number of nitrogens with one attached hydrogen (secondary N) is 1. The number of aliphatic hydroxyl groups excluding tert-OH is 1. The summed E-state index contributed by atoms with van der Waals surface area (Å²) in [6.07, 6.45) is 3.13. The molecule has 0 fully saturated rings. The van der Waals surface area contributed by atoms with E-state index in [4.69, 9.17) is 5.11 Å². The Morgan fingerprint density at radius 1 is 1.46 bits per heavy atom. The lowest BCUT2D eigenvalue weighted by atomic mass is 10.0. The van der Waals surface area contributed by atoms with Crippen LogP contribution >= 0.6 is 0 Å². The predicted octanol–water partition coefficient (Wildman–Crippen LogP) is 1.31. The van der Waals surface area contributed by atoms with Gasteiger partial charge < -0.3 is 10.4 Å². The quantitative estimate of drug-likeness (QED) is 0.658. The zero-order valence-electron chi connectivity index (χ0n) is 8.84. The smallest absolute Gasteiger partial charge is 0.223 e.